The number of nitro benzene ring substituents is 1. The predicted molar refractivity (Wildman–Crippen MR) is 182 cm³/mol. The Morgan fingerprint density at radius 1 is 1.10 bits per heavy atom. The molecule has 2 aromatic rings. The lowest BCUT2D eigenvalue weighted by atomic mass is 9.79. The van der Waals surface area contributed by atoms with Crippen molar-refractivity contribution >= 4 is 33.3 Å². The Bertz CT molecular complexity index is 1770. The Morgan fingerprint density at radius 2 is 1.80 bits per heavy atom. The Hall–Kier alpha value is -5.18. The first-order chi connectivity index (χ1) is 23.6. The van der Waals surface area contributed by atoms with Crippen molar-refractivity contribution in [2.24, 2.45) is 0 Å². The lowest BCUT2D eigenvalue weighted by molar-refractivity contribution is -0.384. The third-order valence-electron chi connectivity index (χ3n) is 7.14. The second-order valence-corrected chi connectivity index (χ2v) is 13.3. The molecular formula is C33H41N5O11S. The van der Waals surface area contributed by atoms with Gasteiger partial charge in [-0.1, -0.05) is 0 Å². The number of allylic oxidation sites excluding steroid dienone is 2. The first kappa shape index (κ1) is 39.3. The van der Waals surface area contributed by atoms with E-state index >= 15 is 0 Å². The summed E-state index contributed by atoms with van der Waals surface area (Å²) in [6.45, 7) is 5.73. The molecular weight excluding hydrogens is 674 g/mol. The van der Waals surface area contributed by atoms with Gasteiger partial charge in [-0.3, -0.25) is 14.8 Å². The number of esters is 2. The number of unbranched alkanes of at least 4 members (excludes halogenated alkanes) is 1. The average molecular weight is 716 g/mol. The van der Waals surface area contributed by atoms with Crippen LogP contribution in [0.4, 0.5) is 11.4 Å². The van der Waals surface area contributed by atoms with Gasteiger partial charge >= 0.3 is 11.9 Å². The summed E-state index contributed by atoms with van der Waals surface area (Å²) in [6, 6.07) is 12.0. The summed E-state index contributed by atoms with van der Waals surface area (Å²) in [7, 11) is -2.28. The highest BCUT2D eigenvalue weighted by atomic mass is 32.2. The van der Waals surface area contributed by atoms with Crippen molar-refractivity contribution in [1.82, 2.24) is 10.6 Å². The van der Waals surface area contributed by atoms with Gasteiger partial charge in [-0.2, -0.15) is 5.26 Å². The number of aliphatic hydroxyl groups excluding tert-OH is 1. The van der Waals surface area contributed by atoms with E-state index in [1.165, 1.54) is 25.1 Å². The van der Waals surface area contributed by atoms with Crippen molar-refractivity contribution in [3.63, 3.8) is 0 Å². The molecule has 16 nitrogen and oxygen atoms in total. The highest BCUT2D eigenvalue weighted by molar-refractivity contribution is 7.92. The number of hydrogen-bond acceptors (Lipinski definition) is 14. The number of carbonyl (C=O) groups is 2. The number of non-ortho nitro benzene ring substituents is 1. The van der Waals surface area contributed by atoms with E-state index < -0.39 is 45.0 Å². The molecule has 0 saturated heterocycles. The van der Waals surface area contributed by atoms with Crippen molar-refractivity contribution < 1.29 is 47.0 Å². The molecule has 1 aliphatic rings. The molecule has 3 rings (SSSR count). The molecule has 1 heterocycles. The number of nitro groups is 1. The molecule has 2 atom stereocenters. The molecule has 4 N–H and O–H groups in total. The largest absolute Gasteiger partial charge is 0.493 e. The first-order valence-corrected chi connectivity index (χ1v) is 17.5. The van der Waals surface area contributed by atoms with Crippen molar-refractivity contribution in [3.05, 3.63) is 80.7 Å². The molecule has 0 amide bonds. The zero-order valence-corrected chi connectivity index (χ0v) is 29.2. The number of ether oxygens (including phenoxy) is 4. The van der Waals surface area contributed by atoms with Gasteiger partial charge in [0.25, 0.3) is 5.69 Å². The van der Waals surface area contributed by atoms with Crippen LogP contribution in [0, 0.1) is 21.4 Å². The number of nitrogens with zero attached hydrogens (tertiary/aromatic N) is 2. The second kappa shape index (κ2) is 18.0. The summed E-state index contributed by atoms with van der Waals surface area (Å²) < 4.78 is 47.0. The van der Waals surface area contributed by atoms with E-state index in [0.717, 1.165) is 13.4 Å². The quantitative estimate of drug-likeness (QED) is 0.0753. The van der Waals surface area contributed by atoms with Gasteiger partial charge < -0.3 is 34.7 Å². The Labute approximate surface area is 290 Å². The fourth-order valence-corrected chi connectivity index (χ4v) is 5.56. The molecule has 2 aromatic carbocycles. The van der Waals surface area contributed by atoms with E-state index in [0.29, 0.717) is 30.8 Å². The smallest absolute Gasteiger partial charge is 0.337 e. The topological polar surface area (TPSA) is 228 Å². The number of nitrogens with one attached hydrogen (secondary N) is 3. The van der Waals surface area contributed by atoms with E-state index in [2.05, 4.69) is 15.4 Å². The maximum Gasteiger partial charge on any atom is 0.337 e. The van der Waals surface area contributed by atoms with E-state index in [-0.39, 0.29) is 59.3 Å². The van der Waals surface area contributed by atoms with Gasteiger partial charge in [0.05, 0.1) is 48.1 Å². The highest BCUT2D eigenvalue weighted by Gasteiger charge is 2.41. The standard InChI is InChI=1S/C33H41N5O11S/c1-20(2)49-33(41)29-21(3)36-27(17-34)31(32(40)46-4)30(29)26-16-23(38(42)43)10-13-28(26)47-15-7-6-14-35-18-24(39)19-48-25-11-8-22(9-12-25)37-50(5,44)45/h8-13,16,20,24,30,35-37,39H,6-7,14-15,18-19H2,1-5H3. The van der Waals surface area contributed by atoms with Crippen molar-refractivity contribution in [2.75, 3.05) is 44.4 Å². The number of hydrogen-bond donors (Lipinski definition) is 4. The van der Waals surface area contributed by atoms with Crippen LogP contribution in [0.2, 0.25) is 0 Å². The van der Waals surface area contributed by atoms with Gasteiger partial charge in [-0.05, 0) is 70.5 Å². The van der Waals surface area contributed by atoms with Crippen LogP contribution in [0.15, 0.2) is 65.0 Å². The maximum atomic E-state index is 13.4. The van der Waals surface area contributed by atoms with Crippen molar-refractivity contribution in [3.8, 4) is 17.6 Å². The second-order valence-electron chi connectivity index (χ2n) is 11.5. The normalized spacial score (nSPS) is 15.1. The van der Waals surface area contributed by atoms with Gasteiger partial charge in [0, 0.05) is 35.6 Å². The summed E-state index contributed by atoms with van der Waals surface area (Å²) in [6.07, 6.45) is 0.844. The summed E-state index contributed by atoms with van der Waals surface area (Å²) in [5, 5.41) is 37.8. The van der Waals surface area contributed by atoms with Crippen LogP contribution in [0.1, 0.15) is 45.1 Å². The number of rotatable bonds is 18. The summed E-state index contributed by atoms with van der Waals surface area (Å²) in [5.74, 6) is -2.37. The lowest BCUT2D eigenvalue weighted by Gasteiger charge is -2.30. The molecule has 270 valence electrons. The van der Waals surface area contributed by atoms with E-state index in [4.69, 9.17) is 18.9 Å². The van der Waals surface area contributed by atoms with Gasteiger partial charge in [-0.15, -0.1) is 0 Å². The minimum absolute atomic E-state index is 0.00468. The number of carbonyl (C=O) groups excluding carboxylic acids is 2. The van der Waals surface area contributed by atoms with Crippen molar-refractivity contribution in [1.29, 1.82) is 5.26 Å². The zero-order chi connectivity index (χ0) is 37.0. The third kappa shape index (κ3) is 11.2. The fourth-order valence-electron chi connectivity index (χ4n) is 5.00. The Kier molecular flexibility index (Phi) is 14.1. The Morgan fingerprint density at radius 3 is 2.40 bits per heavy atom. The van der Waals surface area contributed by atoms with Crippen LogP contribution in [-0.4, -0.2) is 82.3 Å². The zero-order valence-electron chi connectivity index (χ0n) is 28.3. The monoisotopic (exact) mass is 715 g/mol. The van der Waals surface area contributed by atoms with E-state index in [9.17, 15) is 38.5 Å². The number of methoxy groups -OCH3 is 1. The van der Waals surface area contributed by atoms with E-state index in [1.54, 1.807) is 38.1 Å². The predicted octanol–water partition coefficient (Wildman–Crippen LogP) is 3.02. The van der Waals surface area contributed by atoms with Crippen LogP contribution >= 0.6 is 0 Å². The van der Waals surface area contributed by atoms with Gasteiger partial charge in [0.2, 0.25) is 10.0 Å². The molecule has 2 unspecified atom stereocenters. The van der Waals surface area contributed by atoms with Crippen molar-refractivity contribution in [2.45, 2.75) is 51.7 Å². The maximum absolute atomic E-state index is 13.4. The molecule has 0 aromatic heterocycles. The lowest BCUT2D eigenvalue weighted by Crippen LogP contribution is -2.33. The van der Waals surface area contributed by atoms with Gasteiger partial charge in [0.1, 0.15) is 36.0 Å². The number of benzene rings is 2. The average Bonchev–Trinajstić information content (AvgIpc) is 3.05. The molecule has 0 fully saturated rings. The molecule has 0 spiro atoms. The molecule has 0 radical (unpaired) electrons. The summed E-state index contributed by atoms with van der Waals surface area (Å²) in [4.78, 5) is 37.6. The molecule has 17 heteroatoms. The van der Waals surface area contributed by atoms with Crippen LogP contribution in [0.25, 0.3) is 0 Å². The van der Waals surface area contributed by atoms with Crippen LogP contribution in [0.3, 0.4) is 0 Å². The molecule has 1 aliphatic heterocycles. The minimum atomic E-state index is -3.39. The first-order valence-electron chi connectivity index (χ1n) is 15.6. The van der Waals surface area contributed by atoms with Crippen LogP contribution < -0.4 is 24.8 Å². The van der Waals surface area contributed by atoms with E-state index in [1.807, 2.05) is 6.07 Å². The number of dihydropyridines is 1. The fraction of sp³-hybridized carbons (Fsp3) is 0.424. The number of nitriles is 1. The molecule has 0 bridgehead atoms. The van der Waals surface area contributed by atoms with Gasteiger partial charge in [0.15, 0.2) is 0 Å². The SMILES string of the molecule is COC(=O)C1=C(C#N)NC(C)=C(C(=O)OC(C)C)C1c1cc([N+](=O)[O-])ccc1OCCCCNCC(O)COc1ccc(NS(C)(=O)=O)cc1. The number of anilines is 1. The highest BCUT2D eigenvalue weighted by Crippen LogP contribution is 2.44. The molecule has 0 saturated carbocycles. The third-order valence-corrected chi connectivity index (χ3v) is 7.75. The summed E-state index contributed by atoms with van der Waals surface area (Å²) >= 11 is 0. The van der Waals surface area contributed by atoms with Crippen LogP contribution in [-0.2, 0) is 29.1 Å². The minimum Gasteiger partial charge on any atom is -0.493 e. The molecule has 0 aliphatic carbocycles. The molecule has 50 heavy (non-hydrogen) atoms. The summed E-state index contributed by atoms with van der Waals surface area (Å²) in [5.41, 5.74) is -0.0502. The number of aliphatic hydroxyl groups is 1. The number of sulfonamides is 1. The van der Waals surface area contributed by atoms with Gasteiger partial charge in [-0.25, -0.2) is 18.0 Å². The Balaban J connectivity index is 1.66. The van der Waals surface area contributed by atoms with Crippen LogP contribution in [0.5, 0.6) is 11.5 Å².